The van der Waals surface area contributed by atoms with Crippen molar-refractivity contribution in [2.24, 2.45) is 5.92 Å². The number of anilines is 1. The summed E-state index contributed by atoms with van der Waals surface area (Å²) in [6.45, 7) is 5.96. The third-order valence-corrected chi connectivity index (χ3v) is 7.67. The van der Waals surface area contributed by atoms with Crippen LogP contribution in [0.4, 0.5) is 5.95 Å². The van der Waals surface area contributed by atoms with E-state index in [1.165, 1.54) is 44.1 Å². The van der Waals surface area contributed by atoms with E-state index >= 15 is 0 Å². The first kappa shape index (κ1) is 19.3. The molecule has 0 N–H and O–H groups in total. The van der Waals surface area contributed by atoms with E-state index in [2.05, 4.69) is 14.7 Å². The molecule has 2 aliphatic carbocycles. The molecule has 0 atom stereocenters. The van der Waals surface area contributed by atoms with Gasteiger partial charge in [-0.15, -0.1) is 0 Å². The average molecular weight is 398 g/mol. The largest absolute Gasteiger partial charge is 0.342 e. The molecule has 0 unspecified atom stereocenters. The molecular formula is C23H35N5O. The van der Waals surface area contributed by atoms with E-state index < -0.39 is 0 Å². The monoisotopic (exact) mass is 397 g/mol. The van der Waals surface area contributed by atoms with E-state index in [1.807, 2.05) is 6.20 Å². The molecule has 6 nitrogen and oxygen atoms in total. The fourth-order valence-corrected chi connectivity index (χ4v) is 5.48. The number of hydrogen-bond donors (Lipinski definition) is 0. The van der Waals surface area contributed by atoms with E-state index in [0.29, 0.717) is 5.91 Å². The number of carbonyl (C=O) groups is 1. The number of aromatic nitrogens is 2. The minimum absolute atomic E-state index is 0.263. The maximum Gasteiger partial charge on any atom is 0.225 e. The van der Waals surface area contributed by atoms with Gasteiger partial charge in [-0.2, -0.15) is 0 Å². The molecule has 0 spiro atoms. The molecule has 3 heterocycles. The van der Waals surface area contributed by atoms with Crippen LogP contribution < -0.4 is 4.90 Å². The molecule has 0 radical (unpaired) electrons. The van der Waals surface area contributed by atoms with Gasteiger partial charge in [-0.25, -0.2) is 9.97 Å². The fraction of sp³-hybridized carbons (Fsp3) is 0.783. The van der Waals surface area contributed by atoms with Crippen molar-refractivity contribution in [1.82, 2.24) is 19.8 Å². The molecule has 6 heteroatoms. The maximum absolute atomic E-state index is 13.0. The van der Waals surface area contributed by atoms with Crippen molar-refractivity contribution in [3.63, 3.8) is 0 Å². The third-order valence-electron chi connectivity index (χ3n) is 7.67. The van der Waals surface area contributed by atoms with Gasteiger partial charge in [0.2, 0.25) is 11.9 Å². The van der Waals surface area contributed by atoms with Gasteiger partial charge in [0.05, 0.1) is 5.69 Å². The minimum Gasteiger partial charge on any atom is -0.342 e. The van der Waals surface area contributed by atoms with Crippen molar-refractivity contribution in [3.05, 3.63) is 17.5 Å². The molecule has 2 aliphatic heterocycles. The van der Waals surface area contributed by atoms with Crippen LogP contribution in [0.3, 0.4) is 0 Å². The molecule has 3 fully saturated rings. The zero-order chi connectivity index (χ0) is 19.6. The summed E-state index contributed by atoms with van der Waals surface area (Å²) in [5.74, 6) is 1.54. The van der Waals surface area contributed by atoms with Crippen molar-refractivity contribution in [1.29, 1.82) is 0 Å². The third kappa shape index (κ3) is 4.14. The highest BCUT2D eigenvalue weighted by Gasteiger charge is 2.30. The van der Waals surface area contributed by atoms with Crippen molar-refractivity contribution in [3.8, 4) is 0 Å². The Morgan fingerprint density at radius 1 is 0.862 bits per heavy atom. The highest BCUT2D eigenvalue weighted by atomic mass is 16.2. The van der Waals surface area contributed by atoms with Crippen molar-refractivity contribution >= 4 is 11.9 Å². The average Bonchev–Trinajstić information content (AvgIpc) is 2.95. The predicted octanol–water partition coefficient (Wildman–Crippen LogP) is 2.66. The Kier molecular flexibility index (Phi) is 5.71. The first-order chi connectivity index (χ1) is 14.3. The molecule has 2 saturated carbocycles. The van der Waals surface area contributed by atoms with Gasteiger partial charge in [0, 0.05) is 63.8 Å². The van der Waals surface area contributed by atoms with E-state index in [4.69, 9.17) is 9.97 Å². The van der Waals surface area contributed by atoms with Gasteiger partial charge in [-0.3, -0.25) is 9.69 Å². The SMILES string of the molecule is O=C(C1CCCCC1)N1CCc2cnc(N3CCN(C4CCC4)CC3)nc2CC1. The Morgan fingerprint density at radius 2 is 1.62 bits per heavy atom. The summed E-state index contributed by atoms with van der Waals surface area (Å²) < 4.78 is 0. The maximum atomic E-state index is 13.0. The first-order valence-corrected chi connectivity index (χ1v) is 11.9. The highest BCUT2D eigenvalue weighted by molar-refractivity contribution is 5.79. The summed E-state index contributed by atoms with van der Waals surface area (Å²) in [5.41, 5.74) is 2.40. The van der Waals surface area contributed by atoms with Gasteiger partial charge in [0.15, 0.2) is 0 Å². The van der Waals surface area contributed by atoms with Crippen LogP contribution in [0.15, 0.2) is 6.20 Å². The highest BCUT2D eigenvalue weighted by Crippen LogP contribution is 2.28. The first-order valence-electron chi connectivity index (χ1n) is 11.9. The van der Waals surface area contributed by atoms with Crippen LogP contribution in [0.25, 0.3) is 0 Å². The minimum atomic E-state index is 0.263. The Hall–Kier alpha value is -1.69. The van der Waals surface area contributed by atoms with E-state index in [0.717, 1.165) is 82.6 Å². The van der Waals surface area contributed by atoms with Gasteiger partial charge in [-0.05, 0) is 37.7 Å². The van der Waals surface area contributed by atoms with Crippen LogP contribution in [0.1, 0.15) is 62.6 Å². The smallest absolute Gasteiger partial charge is 0.225 e. The molecule has 1 amide bonds. The zero-order valence-corrected chi connectivity index (χ0v) is 17.7. The second kappa shape index (κ2) is 8.58. The molecular weight excluding hydrogens is 362 g/mol. The van der Waals surface area contributed by atoms with E-state index in [9.17, 15) is 4.79 Å². The molecule has 1 aromatic heterocycles. The number of fused-ring (bicyclic) bond motifs is 1. The number of amides is 1. The lowest BCUT2D eigenvalue weighted by molar-refractivity contribution is -0.136. The Labute approximate surface area is 174 Å². The Morgan fingerprint density at radius 3 is 2.34 bits per heavy atom. The van der Waals surface area contributed by atoms with Crippen molar-refractivity contribution in [2.75, 3.05) is 44.2 Å². The topological polar surface area (TPSA) is 52.6 Å². The van der Waals surface area contributed by atoms with Crippen LogP contribution >= 0.6 is 0 Å². The predicted molar refractivity (Wildman–Crippen MR) is 114 cm³/mol. The van der Waals surface area contributed by atoms with Crippen LogP contribution in [-0.4, -0.2) is 71.0 Å². The van der Waals surface area contributed by atoms with Gasteiger partial charge in [-0.1, -0.05) is 25.7 Å². The molecule has 0 aromatic carbocycles. The summed E-state index contributed by atoms with van der Waals surface area (Å²) in [5, 5.41) is 0. The Balaban J connectivity index is 1.20. The quantitative estimate of drug-likeness (QED) is 0.785. The van der Waals surface area contributed by atoms with E-state index in [-0.39, 0.29) is 5.92 Å². The molecule has 158 valence electrons. The number of nitrogens with zero attached hydrogens (tertiary/aromatic N) is 5. The summed E-state index contributed by atoms with van der Waals surface area (Å²) in [7, 11) is 0. The normalized spacial score (nSPS) is 24.7. The van der Waals surface area contributed by atoms with Gasteiger partial charge >= 0.3 is 0 Å². The lowest BCUT2D eigenvalue weighted by Gasteiger charge is -2.43. The van der Waals surface area contributed by atoms with Gasteiger partial charge in [0.25, 0.3) is 0 Å². The standard InChI is InChI=1S/C23H35N5O/c29-22(18-5-2-1-3-6-18)27-11-9-19-17-24-23(25-21(19)10-12-27)28-15-13-26(14-16-28)20-7-4-8-20/h17-18,20H,1-16H2. The lowest BCUT2D eigenvalue weighted by atomic mass is 9.88. The molecule has 1 aromatic rings. The van der Waals surface area contributed by atoms with Crippen LogP contribution in [0, 0.1) is 5.92 Å². The van der Waals surface area contributed by atoms with Crippen LogP contribution in [-0.2, 0) is 17.6 Å². The van der Waals surface area contributed by atoms with Gasteiger partial charge < -0.3 is 9.80 Å². The number of carbonyl (C=O) groups excluding carboxylic acids is 1. The molecule has 0 bridgehead atoms. The van der Waals surface area contributed by atoms with Crippen LogP contribution in [0.2, 0.25) is 0 Å². The summed E-state index contributed by atoms with van der Waals surface area (Å²) in [6, 6.07) is 0.831. The summed E-state index contributed by atoms with van der Waals surface area (Å²) >= 11 is 0. The zero-order valence-electron chi connectivity index (χ0n) is 17.7. The molecule has 5 rings (SSSR count). The van der Waals surface area contributed by atoms with Crippen LogP contribution in [0.5, 0.6) is 0 Å². The second-order valence-corrected chi connectivity index (χ2v) is 9.41. The number of rotatable bonds is 3. The number of hydrogen-bond acceptors (Lipinski definition) is 5. The van der Waals surface area contributed by atoms with Gasteiger partial charge in [0.1, 0.15) is 0 Å². The molecule has 1 saturated heterocycles. The molecule has 29 heavy (non-hydrogen) atoms. The summed E-state index contributed by atoms with van der Waals surface area (Å²) in [6.07, 6.45) is 13.8. The number of piperazine rings is 1. The Bertz CT molecular complexity index is 720. The van der Waals surface area contributed by atoms with E-state index in [1.54, 1.807) is 0 Å². The van der Waals surface area contributed by atoms with Crippen molar-refractivity contribution in [2.45, 2.75) is 70.3 Å². The fourth-order valence-electron chi connectivity index (χ4n) is 5.48. The summed E-state index contributed by atoms with van der Waals surface area (Å²) in [4.78, 5) is 29.8. The van der Waals surface area contributed by atoms with Crippen molar-refractivity contribution < 1.29 is 4.79 Å². The molecule has 4 aliphatic rings. The second-order valence-electron chi connectivity index (χ2n) is 9.41. The lowest BCUT2D eigenvalue weighted by Crippen LogP contribution is -2.52.